The van der Waals surface area contributed by atoms with Crippen LogP contribution in [0.5, 0.6) is 5.75 Å². The molecule has 0 unspecified atom stereocenters. The zero-order valence-electron chi connectivity index (χ0n) is 17.0. The van der Waals surface area contributed by atoms with Gasteiger partial charge in [-0.15, -0.1) is 0 Å². The summed E-state index contributed by atoms with van der Waals surface area (Å²) in [5.41, 5.74) is 2.23. The van der Waals surface area contributed by atoms with Crippen molar-refractivity contribution in [2.45, 2.75) is 52.4 Å². The summed E-state index contributed by atoms with van der Waals surface area (Å²) in [4.78, 5) is 22.8. The Balaban J connectivity index is 2.32. The van der Waals surface area contributed by atoms with E-state index in [9.17, 15) is 14.2 Å². The third-order valence-corrected chi connectivity index (χ3v) is 5.61. The molecule has 0 aromatic heterocycles. The molecule has 0 aliphatic heterocycles. The lowest BCUT2D eigenvalue weighted by atomic mass is 10.1. The number of amides is 2. The van der Waals surface area contributed by atoms with E-state index in [1.54, 1.807) is 43.6 Å². The van der Waals surface area contributed by atoms with Gasteiger partial charge in [0, 0.05) is 18.5 Å². The molecule has 0 heterocycles. The maximum atomic E-state index is 12.4. The van der Waals surface area contributed by atoms with Crippen LogP contribution >= 0.6 is 7.60 Å². The van der Waals surface area contributed by atoms with E-state index in [2.05, 4.69) is 5.32 Å². The number of hydroxylamine groups is 1. The fourth-order valence-corrected chi connectivity index (χ4v) is 3.81. The number of rotatable bonds is 15. The number of unbranched alkanes of at least 4 members (excludes halogenated alkanes) is 3. The molecule has 10 heteroatoms. The van der Waals surface area contributed by atoms with Crippen LogP contribution in [0.4, 0.5) is 5.69 Å². The van der Waals surface area contributed by atoms with Crippen molar-refractivity contribution < 1.29 is 33.1 Å². The second-order valence-electron chi connectivity index (χ2n) is 6.24. The summed E-state index contributed by atoms with van der Waals surface area (Å²) in [5.74, 6) is 0.00673. The van der Waals surface area contributed by atoms with Crippen LogP contribution in [-0.2, 0) is 23.2 Å². The molecular weight excluding hydrogens is 399 g/mol. The average Bonchev–Trinajstić information content (AvgIpc) is 2.70. The highest BCUT2D eigenvalue weighted by Crippen LogP contribution is 2.47. The standard InChI is InChI=1S/C19H31N2O7P/c1-3-27-29(25,28-4-2)15-26-17-13-11-16(12-14-17)20-18(22)9-7-5-6-8-10-19(23)21-24/h11-14,24H,3-10,15H2,1-2H3,(H,20,22)(H,21,23). The molecule has 0 bridgehead atoms. The minimum atomic E-state index is -3.27. The van der Waals surface area contributed by atoms with Gasteiger partial charge in [-0.3, -0.25) is 19.4 Å². The second-order valence-corrected chi connectivity index (χ2v) is 8.24. The Hall–Kier alpha value is -1.93. The molecule has 0 saturated heterocycles. The molecule has 0 saturated carbocycles. The fraction of sp³-hybridized carbons (Fsp3) is 0.579. The monoisotopic (exact) mass is 430 g/mol. The lowest BCUT2D eigenvalue weighted by molar-refractivity contribution is -0.129. The fourth-order valence-electron chi connectivity index (χ4n) is 2.50. The number of hydrogen-bond acceptors (Lipinski definition) is 7. The van der Waals surface area contributed by atoms with Crippen LogP contribution in [0.2, 0.25) is 0 Å². The van der Waals surface area contributed by atoms with Gasteiger partial charge < -0.3 is 19.1 Å². The van der Waals surface area contributed by atoms with Gasteiger partial charge in [0.1, 0.15) is 5.75 Å². The first kappa shape index (κ1) is 25.1. The van der Waals surface area contributed by atoms with Crippen LogP contribution in [0.25, 0.3) is 0 Å². The van der Waals surface area contributed by atoms with E-state index in [1.807, 2.05) is 0 Å². The van der Waals surface area contributed by atoms with Crippen LogP contribution in [-0.4, -0.2) is 36.6 Å². The predicted molar refractivity (Wildman–Crippen MR) is 109 cm³/mol. The quantitative estimate of drug-likeness (QED) is 0.166. The Labute approximate surface area is 171 Å². The number of carbonyl (C=O) groups is 2. The molecule has 164 valence electrons. The number of hydrogen-bond donors (Lipinski definition) is 3. The minimum absolute atomic E-state index is 0.0936. The van der Waals surface area contributed by atoms with Crippen molar-refractivity contribution in [1.82, 2.24) is 5.48 Å². The Bertz CT molecular complexity index is 657. The van der Waals surface area contributed by atoms with E-state index >= 15 is 0 Å². The largest absolute Gasteiger partial charge is 0.481 e. The van der Waals surface area contributed by atoms with Crippen molar-refractivity contribution in [3.05, 3.63) is 24.3 Å². The first-order valence-electron chi connectivity index (χ1n) is 9.76. The van der Waals surface area contributed by atoms with Crippen LogP contribution in [0.1, 0.15) is 52.4 Å². The maximum absolute atomic E-state index is 12.4. The Morgan fingerprint density at radius 2 is 1.48 bits per heavy atom. The summed E-state index contributed by atoms with van der Waals surface area (Å²) in [6.45, 7) is 4.00. The van der Waals surface area contributed by atoms with Gasteiger partial charge in [-0.25, -0.2) is 5.48 Å². The highest BCUT2D eigenvalue weighted by molar-refractivity contribution is 7.53. The Kier molecular flexibility index (Phi) is 12.2. The van der Waals surface area contributed by atoms with E-state index in [1.165, 1.54) is 0 Å². The number of carbonyl (C=O) groups excluding carboxylic acids is 2. The molecule has 1 rings (SSSR count). The second kappa shape index (κ2) is 14.1. The molecule has 0 atom stereocenters. The van der Waals surface area contributed by atoms with Gasteiger partial charge in [-0.1, -0.05) is 12.8 Å². The first-order valence-corrected chi connectivity index (χ1v) is 11.5. The summed E-state index contributed by atoms with van der Waals surface area (Å²) in [7, 11) is -3.27. The molecule has 0 spiro atoms. The molecule has 9 nitrogen and oxygen atoms in total. The highest BCUT2D eigenvalue weighted by atomic mass is 31.2. The molecular formula is C19H31N2O7P. The van der Waals surface area contributed by atoms with E-state index in [4.69, 9.17) is 19.0 Å². The van der Waals surface area contributed by atoms with E-state index in [0.29, 0.717) is 24.3 Å². The average molecular weight is 430 g/mol. The third-order valence-electron chi connectivity index (χ3n) is 3.86. The molecule has 1 aromatic rings. The number of nitrogens with one attached hydrogen (secondary N) is 2. The van der Waals surface area contributed by atoms with Crippen molar-refractivity contribution in [3.8, 4) is 5.75 Å². The third kappa shape index (κ3) is 11.0. The van der Waals surface area contributed by atoms with Crippen molar-refractivity contribution in [2.75, 3.05) is 24.9 Å². The van der Waals surface area contributed by atoms with E-state index in [0.717, 1.165) is 19.3 Å². The van der Waals surface area contributed by atoms with Crippen LogP contribution in [0.15, 0.2) is 24.3 Å². The summed E-state index contributed by atoms with van der Waals surface area (Å²) < 4.78 is 28.2. The van der Waals surface area contributed by atoms with Crippen LogP contribution in [0, 0.1) is 0 Å². The van der Waals surface area contributed by atoms with Gasteiger partial charge in [0.05, 0.1) is 13.2 Å². The lowest BCUT2D eigenvalue weighted by Gasteiger charge is -2.17. The van der Waals surface area contributed by atoms with Crippen LogP contribution < -0.4 is 15.5 Å². The SMILES string of the molecule is CCOP(=O)(COc1ccc(NC(=O)CCCCCCC(=O)NO)cc1)OCC. The summed E-state index contributed by atoms with van der Waals surface area (Å²) in [5, 5.41) is 11.2. The van der Waals surface area contributed by atoms with E-state index in [-0.39, 0.29) is 31.9 Å². The lowest BCUT2D eigenvalue weighted by Crippen LogP contribution is -2.17. The van der Waals surface area contributed by atoms with Crippen molar-refractivity contribution >= 4 is 25.1 Å². The number of benzene rings is 1. The molecule has 3 N–H and O–H groups in total. The van der Waals surface area contributed by atoms with Crippen LogP contribution in [0.3, 0.4) is 0 Å². The Morgan fingerprint density at radius 1 is 0.931 bits per heavy atom. The molecule has 0 radical (unpaired) electrons. The minimum Gasteiger partial charge on any atom is -0.481 e. The molecule has 0 fully saturated rings. The molecule has 0 aliphatic carbocycles. The van der Waals surface area contributed by atoms with Gasteiger partial charge in [-0.05, 0) is 51.0 Å². The van der Waals surface area contributed by atoms with Gasteiger partial charge >= 0.3 is 7.60 Å². The normalized spacial score (nSPS) is 11.1. The van der Waals surface area contributed by atoms with Gasteiger partial charge in [0.15, 0.2) is 6.35 Å². The topological polar surface area (TPSA) is 123 Å². The smallest absolute Gasteiger partial charge is 0.367 e. The van der Waals surface area contributed by atoms with Gasteiger partial charge in [0.25, 0.3) is 0 Å². The van der Waals surface area contributed by atoms with Crippen molar-refractivity contribution in [1.29, 1.82) is 0 Å². The summed E-state index contributed by atoms with van der Waals surface area (Å²) >= 11 is 0. The first-order chi connectivity index (χ1) is 13.9. The van der Waals surface area contributed by atoms with E-state index < -0.39 is 13.5 Å². The molecule has 2 amide bonds. The zero-order valence-corrected chi connectivity index (χ0v) is 17.9. The molecule has 0 aliphatic rings. The number of ether oxygens (including phenoxy) is 1. The summed E-state index contributed by atoms with van der Waals surface area (Å²) in [6, 6.07) is 6.74. The van der Waals surface area contributed by atoms with Gasteiger partial charge in [0.2, 0.25) is 11.8 Å². The highest BCUT2D eigenvalue weighted by Gasteiger charge is 2.24. The zero-order chi connectivity index (χ0) is 21.5. The summed E-state index contributed by atoms with van der Waals surface area (Å²) in [6.07, 6.45) is 3.53. The maximum Gasteiger partial charge on any atom is 0.367 e. The van der Waals surface area contributed by atoms with Crippen molar-refractivity contribution in [3.63, 3.8) is 0 Å². The number of anilines is 1. The van der Waals surface area contributed by atoms with Crippen molar-refractivity contribution in [2.24, 2.45) is 0 Å². The predicted octanol–water partition coefficient (Wildman–Crippen LogP) is 4.07. The molecule has 1 aromatic carbocycles. The Morgan fingerprint density at radius 3 is 2.00 bits per heavy atom. The van der Waals surface area contributed by atoms with Gasteiger partial charge in [-0.2, -0.15) is 0 Å². The molecule has 29 heavy (non-hydrogen) atoms.